The molecule has 3 aromatic carbocycles. The predicted molar refractivity (Wildman–Crippen MR) is 133 cm³/mol. The molecule has 0 aliphatic heterocycles. The number of carbonyl (C=O) groups excluding carboxylic acids is 2. The second kappa shape index (κ2) is 11.7. The first-order chi connectivity index (χ1) is 18.1. The second-order valence-corrected chi connectivity index (χ2v) is 8.75. The van der Waals surface area contributed by atoms with Gasteiger partial charge in [0.1, 0.15) is 6.61 Å². The van der Waals surface area contributed by atoms with Crippen LogP contribution in [0.15, 0.2) is 77.3 Å². The molecule has 0 aliphatic rings. The predicted octanol–water partition coefficient (Wildman–Crippen LogP) is 6.56. The normalized spacial score (nSPS) is 11.3. The summed E-state index contributed by atoms with van der Waals surface area (Å²) in [7, 11) is 0. The number of hydrogen-bond donors (Lipinski definition) is 0. The summed E-state index contributed by atoms with van der Waals surface area (Å²) in [5, 5.41) is 3.86. The van der Waals surface area contributed by atoms with Crippen molar-refractivity contribution in [1.82, 2.24) is 15.0 Å². The zero-order valence-electron chi connectivity index (χ0n) is 19.4. The Morgan fingerprint density at radius 2 is 1.50 bits per heavy atom. The van der Waals surface area contributed by atoms with E-state index in [-0.39, 0.29) is 46.7 Å². The first-order valence-corrected chi connectivity index (χ1v) is 11.8. The first-order valence-electron chi connectivity index (χ1n) is 11.1. The van der Waals surface area contributed by atoms with Crippen molar-refractivity contribution in [2.75, 3.05) is 13.2 Å². The number of halogens is 5. The van der Waals surface area contributed by atoms with E-state index < -0.39 is 23.9 Å². The molecule has 7 nitrogen and oxygen atoms in total. The standard InChI is InChI=1S/C26H18Cl2F3N3O4/c27-20-7-3-1-5-18(20)23(35)34(13-14-37-24(36)19-6-2-4-8-21(19)28)15-16-9-11-17(12-10-16)22-32-25(38-33-22)26(29,30)31/h1-12H,13-15H2. The van der Waals surface area contributed by atoms with Gasteiger partial charge in [-0.3, -0.25) is 4.79 Å². The highest BCUT2D eigenvalue weighted by Gasteiger charge is 2.38. The molecule has 0 N–H and O–H groups in total. The number of nitrogens with zero attached hydrogens (tertiary/aromatic N) is 3. The van der Waals surface area contributed by atoms with Gasteiger partial charge in [-0.1, -0.05) is 76.9 Å². The smallest absolute Gasteiger partial charge is 0.460 e. The molecule has 0 radical (unpaired) electrons. The lowest BCUT2D eigenvalue weighted by molar-refractivity contribution is -0.159. The van der Waals surface area contributed by atoms with Crippen LogP contribution >= 0.6 is 23.2 Å². The van der Waals surface area contributed by atoms with Gasteiger partial charge in [0.15, 0.2) is 0 Å². The van der Waals surface area contributed by atoms with E-state index in [1.165, 1.54) is 23.1 Å². The van der Waals surface area contributed by atoms with Crippen molar-refractivity contribution in [1.29, 1.82) is 0 Å². The van der Waals surface area contributed by atoms with Gasteiger partial charge in [-0.2, -0.15) is 18.2 Å². The molecular weight excluding hydrogens is 546 g/mol. The van der Waals surface area contributed by atoms with E-state index in [1.807, 2.05) is 0 Å². The molecule has 0 bridgehead atoms. The summed E-state index contributed by atoms with van der Waals surface area (Å²) in [5.74, 6) is -2.70. The number of esters is 1. The van der Waals surface area contributed by atoms with Crippen molar-refractivity contribution < 1.29 is 32.0 Å². The molecule has 38 heavy (non-hydrogen) atoms. The van der Waals surface area contributed by atoms with Crippen molar-refractivity contribution >= 4 is 35.1 Å². The van der Waals surface area contributed by atoms with E-state index in [0.717, 1.165) is 0 Å². The number of carbonyl (C=O) groups is 2. The molecule has 0 fully saturated rings. The van der Waals surface area contributed by atoms with Gasteiger partial charge in [-0.25, -0.2) is 4.79 Å². The largest absolute Gasteiger partial charge is 0.471 e. The number of alkyl halides is 3. The molecule has 0 unspecified atom stereocenters. The van der Waals surface area contributed by atoms with Crippen molar-refractivity contribution in [2.24, 2.45) is 0 Å². The van der Waals surface area contributed by atoms with Gasteiger partial charge < -0.3 is 14.2 Å². The van der Waals surface area contributed by atoms with E-state index in [2.05, 4.69) is 14.7 Å². The highest BCUT2D eigenvalue weighted by atomic mass is 35.5. The minimum Gasteiger partial charge on any atom is -0.460 e. The lowest BCUT2D eigenvalue weighted by Crippen LogP contribution is -2.34. The molecule has 0 saturated heterocycles. The van der Waals surface area contributed by atoms with Crippen LogP contribution in [-0.4, -0.2) is 40.1 Å². The summed E-state index contributed by atoms with van der Waals surface area (Å²) in [6, 6.07) is 19.2. The summed E-state index contributed by atoms with van der Waals surface area (Å²) in [4.78, 5) is 30.5. The van der Waals surface area contributed by atoms with Crippen LogP contribution in [0.25, 0.3) is 11.4 Å². The number of amides is 1. The molecule has 1 aromatic heterocycles. The molecule has 0 atom stereocenters. The van der Waals surface area contributed by atoms with Crippen LogP contribution in [-0.2, 0) is 17.5 Å². The fourth-order valence-electron chi connectivity index (χ4n) is 3.45. The number of hydrogen-bond acceptors (Lipinski definition) is 6. The van der Waals surface area contributed by atoms with Crippen LogP contribution in [0.5, 0.6) is 0 Å². The Balaban J connectivity index is 1.49. The third-order valence-electron chi connectivity index (χ3n) is 5.33. The van der Waals surface area contributed by atoms with Crippen molar-refractivity contribution in [3.05, 3.63) is 105 Å². The Morgan fingerprint density at radius 1 is 0.895 bits per heavy atom. The summed E-state index contributed by atoms with van der Waals surface area (Å²) in [5.41, 5.74) is 1.40. The average molecular weight is 564 g/mol. The fraction of sp³-hybridized carbons (Fsp3) is 0.154. The first kappa shape index (κ1) is 27.2. The molecular formula is C26H18Cl2F3N3O4. The van der Waals surface area contributed by atoms with Gasteiger partial charge in [-0.15, -0.1) is 0 Å². The van der Waals surface area contributed by atoms with Crippen LogP contribution in [0.3, 0.4) is 0 Å². The van der Waals surface area contributed by atoms with Gasteiger partial charge in [-0.05, 0) is 29.8 Å². The quantitative estimate of drug-likeness (QED) is 0.226. The van der Waals surface area contributed by atoms with Crippen molar-refractivity contribution in [3.8, 4) is 11.4 Å². The molecule has 1 heterocycles. The zero-order chi connectivity index (χ0) is 27.3. The summed E-state index contributed by atoms with van der Waals surface area (Å²) < 4.78 is 47.9. The monoisotopic (exact) mass is 563 g/mol. The van der Waals surface area contributed by atoms with E-state index in [0.29, 0.717) is 11.1 Å². The van der Waals surface area contributed by atoms with Crippen molar-refractivity contribution in [2.45, 2.75) is 12.7 Å². The molecule has 0 aliphatic carbocycles. The van der Waals surface area contributed by atoms with Crippen LogP contribution in [0, 0.1) is 0 Å². The molecule has 0 saturated carbocycles. The Hall–Kier alpha value is -3.89. The number of aromatic nitrogens is 2. The summed E-state index contributed by atoms with van der Waals surface area (Å²) in [6.45, 7) is -0.00276. The van der Waals surface area contributed by atoms with Crippen LogP contribution in [0.1, 0.15) is 32.2 Å². The fourth-order valence-corrected chi connectivity index (χ4v) is 3.88. The Kier molecular flexibility index (Phi) is 8.33. The maximum absolute atomic E-state index is 13.3. The van der Waals surface area contributed by atoms with Gasteiger partial charge in [0.05, 0.1) is 27.7 Å². The van der Waals surface area contributed by atoms with Gasteiger partial charge in [0, 0.05) is 12.1 Å². The van der Waals surface area contributed by atoms with Gasteiger partial charge in [0.25, 0.3) is 5.91 Å². The SMILES string of the molecule is O=C(OCCN(Cc1ccc(-c2noc(C(F)(F)F)n2)cc1)C(=O)c1ccccc1Cl)c1ccccc1Cl. The maximum atomic E-state index is 13.3. The van der Waals surface area contributed by atoms with E-state index in [4.69, 9.17) is 27.9 Å². The van der Waals surface area contributed by atoms with Crippen LogP contribution in [0.4, 0.5) is 13.2 Å². The van der Waals surface area contributed by atoms with Gasteiger partial charge in [0.2, 0.25) is 5.82 Å². The van der Waals surface area contributed by atoms with E-state index >= 15 is 0 Å². The second-order valence-electron chi connectivity index (χ2n) is 7.94. The molecule has 4 aromatic rings. The molecule has 0 spiro atoms. The number of rotatable bonds is 8. The Morgan fingerprint density at radius 3 is 2.08 bits per heavy atom. The van der Waals surface area contributed by atoms with Gasteiger partial charge >= 0.3 is 18.0 Å². The van der Waals surface area contributed by atoms with E-state index in [1.54, 1.807) is 54.6 Å². The number of benzene rings is 3. The van der Waals surface area contributed by atoms with Crippen LogP contribution < -0.4 is 0 Å². The van der Waals surface area contributed by atoms with E-state index in [9.17, 15) is 22.8 Å². The minimum atomic E-state index is -4.75. The lowest BCUT2D eigenvalue weighted by atomic mass is 10.1. The third kappa shape index (κ3) is 6.51. The molecule has 4 rings (SSSR count). The Bertz CT molecular complexity index is 1440. The highest BCUT2D eigenvalue weighted by Crippen LogP contribution is 2.29. The molecule has 12 heteroatoms. The molecule has 1 amide bonds. The van der Waals surface area contributed by atoms with Crippen molar-refractivity contribution in [3.63, 3.8) is 0 Å². The highest BCUT2D eigenvalue weighted by molar-refractivity contribution is 6.34. The average Bonchev–Trinajstić information content (AvgIpc) is 3.40. The summed E-state index contributed by atoms with van der Waals surface area (Å²) in [6.07, 6.45) is -4.75. The van der Waals surface area contributed by atoms with Crippen LogP contribution in [0.2, 0.25) is 10.0 Å². The Labute approximate surface area is 224 Å². The third-order valence-corrected chi connectivity index (χ3v) is 5.99. The maximum Gasteiger partial charge on any atom is 0.471 e. The minimum absolute atomic E-state index is 0.0295. The lowest BCUT2D eigenvalue weighted by Gasteiger charge is -2.23. The molecule has 196 valence electrons. The summed E-state index contributed by atoms with van der Waals surface area (Å²) >= 11 is 12.3. The number of ether oxygens (including phenoxy) is 1. The zero-order valence-corrected chi connectivity index (χ0v) is 20.9. The topological polar surface area (TPSA) is 85.5 Å².